The molecule has 1 aromatic carbocycles. The summed E-state index contributed by atoms with van der Waals surface area (Å²) in [6, 6.07) is 5.35. The number of aliphatic carboxylic acids is 1. The zero-order valence-corrected chi connectivity index (χ0v) is 13.7. The number of carbonyl (C=O) groups excluding carboxylic acids is 1. The Morgan fingerprint density at radius 3 is 2.75 bits per heavy atom. The Hall–Kier alpha value is -2.54. The van der Waals surface area contributed by atoms with Crippen LogP contribution in [0.2, 0.25) is 0 Å². The molecular formula is C17H21NO6. The Kier molecular flexibility index (Phi) is 6.20. The predicted molar refractivity (Wildman–Crippen MR) is 87.2 cm³/mol. The summed E-state index contributed by atoms with van der Waals surface area (Å²) in [6.45, 7) is 1.07. The Balaban J connectivity index is 2.00. The number of methoxy groups -OCH3 is 2. The Bertz CT molecular complexity index is 628. The third-order valence-corrected chi connectivity index (χ3v) is 3.68. The molecule has 0 saturated carbocycles. The molecule has 1 aliphatic heterocycles. The van der Waals surface area contributed by atoms with Gasteiger partial charge in [0.15, 0.2) is 11.5 Å². The molecule has 0 aliphatic carbocycles. The third kappa shape index (κ3) is 4.73. The quantitative estimate of drug-likeness (QED) is 0.792. The van der Waals surface area contributed by atoms with Crippen molar-refractivity contribution in [2.45, 2.75) is 12.5 Å². The van der Waals surface area contributed by atoms with E-state index in [2.05, 4.69) is 0 Å². The number of ether oxygens (including phenoxy) is 3. The van der Waals surface area contributed by atoms with Gasteiger partial charge in [0, 0.05) is 19.2 Å². The number of hydrogen-bond acceptors (Lipinski definition) is 5. The largest absolute Gasteiger partial charge is 0.493 e. The molecule has 1 saturated heterocycles. The van der Waals surface area contributed by atoms with Crippen molar-refractivity contribution >= 4 is 18.0 Å². The number of nitrogens with zero attached hydrogens (tertiary/aromatic N) is 1. The van der Waals surface area contributed by atoms with E-state index in [1.807, 2.05) is 6.07 Å². The first kappa shape index (κ1) is 17.8. The first-order chi connectivity index (χ1) is 11.5. The van der Waals surface area contributed by atoms with Gasteiger partial charge in [-0.05, 0) is 23.8 Å². The van der Waals surface area contributed by atoms with E-state index < -0.39 is 12.1 Å². The van der Waals surface area contributed by atoms with Crippen molar-refractivity contribution < 1.29 is 28.9 Å². The highest BCUT2D eigenvalue weighted by atomic mass is 16.5. The number of hydrogen-bond donors (Lipinski definition) is 1. The number of benzene rings is 1. The fraction of sp³-hybridized carbons (Fsp3) is 0.412. The zero-order valence-electron chi connectivity index (χ0n) is 13.7. The van der Waals surface area contributed by atoms with Crippen LogP contribution in [0.3, 0.4) is 0 Å². The molecule has 1 fully saturated rings. The molecular weight excluding hydrogens is 314 g/mol. The van der Waals surface area contributed by atoms with E-state index in [1.165, 1.54) is 6.08 Å². The summed E-state index contributed by atoms with van der Waals surface area (Å²) in [5, 5.41) is 8.82. The lowest BCUT2D eigenvalue weighted by atomic mass is 10.1. The second kappa shape index (κ2) is 8.35. The summed E-state index contributed by atoms with van der Waals surface area (Å²) < 4.78 is 15.8. The Morgan fingerprint density at radius 1 is 1.33 bits per heavy atom. The van der Waals surface area contributed by atoms with Crippen LogP contribution < -0.4 is 9.47 Å². The maximum absolute atomic E-state index is 12.3. The number of carboxylic acids is 1. The summed E-state index contributed by atoms with van der Waals surface area (Å²) in [5.41, 5.74) is 0.802. The van der Waals surface area contributed by atoms with Gasteiger partial charge in [0.2, 0.25) is 5.91 Å². The van der Waals surface area contributed by atoms with Gasteiger partial charge in [0.05, 0.1) is 33.4 Å². The molecule has 1 N–H and O–H groups in total. The van der Waals surface area contributed by atoms with Crippen LogP contribution in [0.25, 0.3) is 6.08 Å². The van der Waals surface area contributed by atoms with E-state index in [0.29, 0.717) is 24.7 Å². The molecule has 0 spiro atoms. The molecule has 0 bridgehead atoms. The van der Waals surface area contributed by atoms with Crippen LogP contribution in [0.1, 0.15) is 12.0 Å². The lowest BCUT2D eigenvalue weighted by Gasteiger charge is -2.31. The van der Waals surface area contributed by atoms with Crippen LogP contribution in [-0.4, -0.2) is 61.9 Å². The van der Waals surface area contributed by atoms with Gasteiger partial charge in [-0.3, -0.25) is 9.59 Å². The zero-order chi connectivity index (χ0) is 17.5. The first-order valence-corrected chi connectivity index (χ1v) is 7.56. The van der Waals surface area contributed by atoms with Crippen LogP contribution in [0.15, 0.2) is 24.3 Å². The van der Waals surface area contributed by atoms with Crippen molar-refractivity contribution in [3.05, 3.63) is 29.8 Å². The predicted octanol–water partition coefficient (Wildman–Crippen LogP) is 1.42. The summed E-state index contributed by atoms with van der Waals surface area (Å²) in [7, 11) is 3.11. The fourth-order valence-electron chi connectivity index (χ4n) is 2.47. The lowest BCUT2D eigenvalue weighted by Crippen LogP contribution is -2.45. The van der Waals surface area contributed by atoms with Crippen LogP contribution in [0, 0.1) is 0 Å². The average Bonchev–Trinajstić information content (AvgIpc) is 2.59. The molecule has 1 heterocycles. The summed E-state index contributed by atoms with van der Waals surface area (Å²) in [6.07, 6.45) is 2.58. The minimum Gasteiger partial charge on any atom is -0.493 e. The van der Waals surface area contributed by atoms with E-state index in [4.69, 9.17) is 19.3 Å². The summed E-state index contributed by atoms with van der Waals surface area (Å²) >= 11 is 0. The van der Waals surface area contributed by atoms with Crippen molar-refractivity contribution in [1.29, 1.82) is 0 Å². The third-order valence-electron chi connectivity index (χ3n) is 3.68. The monoisotopic (exact) mass is 335 g/mol. The molecule has 0 radical (unpaired) electrons. The lowest BCUT2D eigenvalue weighted by molar-refractivity contribution is -0.145. The Morgan fingerprint density at radius 2 is 2.08 bits per heavy atom. The molecule has 7 heteroatoms. The number of carboxylic acid groups (broad SMARTS) is 1. The standard InChI is InChI=1S/C17H21NO6/c1-22-14-5-3-12(9-15(14)23-2)4-6-16(19)18-7-8-24-13(11-18)10-17(20)21/h3-6,9,13H,7-8,10-11H2,1-2H3,(H,20,21)/b6-4+. The molecule has 0 aromatic heterocycles. The van der Waals surface area contributed by atoms with Crippen LogP contribution in [0.5, 0.6) is 11.5 Å². The number of morpholine rings is 1. The highest BCUT2D eigenvalue weighted by Crippen LogP contribution is 2.28. The van der Waals surface area contributed by atoms with E-state index >= 15 is 0 Å². The fourth-order valence-corrected chi connectivity index (χ4v) is 2.47. The van der Waals surface area contributed by atoms with Crippen molar-refractivity contribution in [2.24, 2.45) is 0 Å². The van der Waals surface area contributed by atoms with Gasteiger partial charge in [-0.2, -0.15) is 0 Å². The van der Waals surface area contributed by atoms with Crippen molar-refractivity contribution in [1.82, 2.24) is 4.90 Å². The minimum absolute atomic E-state index is 0.108. The molecule has 1 amide bonds. The second-order valence-corrected chi connectivity index (χ2v) is 5.32. The number of carbonyl (C=O) groups is 2. The van der Waals surface area contributed by atoms with E-state index in [9.17, 15) is 9.59 Å². The molecule has 2 rings (SSSR count). The average molecular weight is 335 g/mol. The molecule has 1 aromatic rings. The van der Waals surface area contributed by atoms with Crippen LogP contribution in [-0.2, 0) is 14.3 Å². The maximum Gasteiger partial charge on any atom is 0.306 e. The second-order valence-electron chi connectivity index (χ2n) is 5.32. The van der Waals surface area contributed by atoms with Gasteiger partial charge < -0.3 is 24.2 Å². The SMILES string of the molecule is COc1ccc(/C=C/C(=O)N2CCOC(CC(=O)O)C2)cc1OC. The van der Waals surface area contributed by atoms with Gasteiger partial charge in [0.25, 0.3) is 0 Å². The van der Waals surface area contributed by atoms with E-state index in [1.54, 1.807) is 37.3 Å². The topological polar surface area (TPSA) is 85.3 Å². The van der Waals surface area contributed by atoms with Gasteiger partial charge in [-0.15, -0.1) is 0 Å². The Labute approximate surface area is 140 Å². The van der Waals surface area contributed by atoms with Gasteiger partial charge in [-0.25, -0.2) is 0 Å². The minimum atomic E-state index is -0.935. The first-order valence-electron chi connectivity index (χ1n) is 7.56. The van der Waals surface area contributed by atoms with Crippen LogP contribution >= 0.6 is 0 Å². The van der Waals surface area contributed by atoms with Crippen LogP contribution in [0.4, 0.5) is 0 Å². The van der Waals surface area contributed by atoms with Crippen molar-refractivity contribution in [3.8, 4) is 11.5 Å². The molecule has 1 unspecified atom stereocenters. The van der Waals surface area contributed by atoms with Gasteiger partial charge in [0.1, 0.15) is 0 Å². The van der Waals surface area contributed by atoms with Gasteiger partial charge in [-0.1, -0.05) is 6.07 Å². The number of rotatable bonds is 6. The van der Waals surface area contributed by atoms with E-state index in [-0.39, 0.29) is 18.9 Å². The molecule has 1 aliphatic rings. The van der Waals surface area contributed by atoms with E-state index in [0.717, 1.165) is 5.56 Å². The summed E-state index contributed by atoms with van der Waals surface area (Å²) in [4.78, 5) is 24.6. The normalized spacial score (nSPS) is 17.8. The molecule has 130 valence electrons. The van der Waals surface area contributed by atoms with Crippen molar-refractivity contribution in [2.75, 3.05) is 33.9 Å². The maximum atomic E-state index is 12.3. The molecule has 24 heavy (non-hydrogen) atoms. The highest BCUT2D eigenvalue weighted by molar-refractivity contribution is 5.92. The summed E-state index contributed by atoms with van der Waals surface area (Å²) in [5.74, 6) is 0.0873. The van der Waals surface area contributed by atoms with Gasteiger partial charge >= 0.3 is 5.97 Å². The number of amides is 1. The van der Waals surface area contributed by atoms with Crippen molar-refractivity contribution in [3.63, 3.8) is 0 Å². The highest BCUT2D eigenvalue weighted by Gasteiger charge is 2.24. The molecule has 7 nitrogen and oxygen atoms in total. The molecule has 1 atom stereocenters. The smallest absolute Gasteiger partial charge is 0.306 e.